The molecule has 4 aromatic rings. The van der Waals surface area contributed by atoms with Crippen LogP contribution in [0.4, 0.5) is 0 Å². The summed E-state index contributed by atoms with van der Waals surface area (Å²) in [6.07, 6.45) is 3.43. The molecule has 0 spiro atoms. The van der Waals surface area contributed by atoms with Crippen molar-refractivity contribution in [2.75, 3.05) is 5.75 Å². The van der Waals surface area contributed by atoms with E-state index in [4.69, 9.17) is 26.7 Å². The molecule has 1 fully saturated rings. The second kappa shape index (κ2) is 10.2. The highest BCUT2D eigenvalue weighted by molar-refractivity contribution is 7.99. The van der Waals surface area contributed by atoms with Gasteiger partial charge in [0.1, 0.15) is 0 Å². The monoisotopic (exact) mass is 509 g/mol. The molecule has 0 saturated heterocycles. The van der Waals surface area contributed by atoms with Crippen molar-refractivity contribution in [2.45, 2.75) is 49.2 Å². The maximum Gasteiger partial charge on any atom is 0.262 e. The van der Waals surface area contributed by atoms with Gasteiger partial charge in [0.2, 0.25) is 17.7 Å². The van der Waals surface area contributed by atoms with Crippen LogP contribution in [0.3, 0.4) is 0 Å². The van der Waals surface area contributed by atoms with Crippen LogP contribution in [0, 0.1) is 0 Å². The molecule has 1 amide bonds. The van der Waals surface area contributed by atoms with Gasteiger partial charge in [0, 0.05) is 34.7 Å². The zero-order valence-corrected chi connectivity index (χ0v) is 20.5. The predicted molar refractivity (Wildman–Crippen MR) is 136 cm³/mol. The van der Waals surface area contributed by atoms with Crippen LogP contribution in [0.1, 0.15) is 50.0 Å². The number of carbonyl (C=O) groups is 1. The van der Waals surface area contributed by atoms with E-state index in [1.54, 1.807) is 22.8 Å². The fraction of sp³-hybridized carbons (Fsp3) is 0.320. The highest BCUT2D eigenvalue weighted by Crippen LogP contribution is 2.39. The summed E-state index contributed by atoms with van der Waals surface area (Å²) in [5.41, 5.74) is 6.74. The van der Waals surface area contributed by atoms with Crippen molar-refractivity contribution in [2.24, 2.45) is 5.73 Å². The van der Waals surface area contributed by atoms with Crippen LogP contribution in [0.2, 0.25) is 5.02 Å². The van der Waals surface area contributed by atoms with Crippen molar-refractivity contribution >= 4 is 40.2 Å². The molecule has 0 aliphatic heterocycles. The van der Waals surface area contributed by atoms with E-state index in [2.05, 4.69) is 10.2 Å². The molecule has 1 saturated carbocycles. The molecular formula is C25H24ClN5O3S. The molecule has 5 rings (SSSR count). The highest BCUT2D eigenvalue weighted by atomic mass is 35.5. The van der Waals surface area contributed by atoms with Crippen LogP contribution < -0.4 is 11.3 Å². The Morgan fingerprint density at radius 1 is 1.09 bits per heavy atom. The summed E-state index contributed by atoms with van der Waals surface area (Å²) in [6.45, 7) is 0. The second-order valence-electron chi connectivity index (χ2n) is 8.61. The first-order chi connectivity index (χ1) is 17.0. The lowest BCUT2D eigenvalue weighted by Gasteiger charge is -2.29. The minimum Gasteiger partial charge on any atom is -0.420 e. The van der Waals surface area contributed by atoms with E-state index < -0.39 is 0 Å². The number of primary amides is 1. The average Bonchev–Trinajstić information content (AvgIpc) is 3.35. The number of hydrogen-bond donors (Lipinski definition) is 1. The van der Waals surface area contributed by atoms with E-state index >= 15 is 0 Å². The van der Waals surface area contributed by atoms with Crippen LogP contribution in [0.25, 0.3) is 22.4 Å². The largest absolute Gasteiger partial charge is 0.420 e. The van der Waals surface area contributed by atoms with E-state index in [0.29, 0.717) is 38.6 Å². The maximum absolute atomic E-state index is 13.4. The molecular weight excluding hydrogens is 486 g/mol. The first-order valence-electron chi connectivity index (χ1n) is 11.5. The normalized spacial score (nSPS) is 18.1. The van der Waals surface area contributed by atoms with Gasteiger partial charge in [0.05, 0.1) is 10.9 Å². The van der Waals surface area contributed by atoms with Gasteiger partial charge in [0.25, 0.3) is 5.56 Å². The smallest absolute Gasteiger partial charge is 0.262 e. The van der Waals surface area contributed by atoms with E-state index in [9.17, 15) is 9.59 Å². The standard InChI is InChI=1S/C25H24ClN5O3S/c26-17-9-5-15(6-10-17)22-29-30-23(34-22)16-7-11-18(12-8-16)31-24(33)19-3-1-2-4-20(19)28-25(31)35-14-13-21(27)32/h1-6,9-10,16,18H,7-8,11-14H2,(H2,27,32). The van der Waals surface area contributed by atoms with Crippen molar-refractivity contribution < 1.29 is 9.21 Å². The van der Waals surface area contributed by atoms with Gasteiger partial charge in [-0.2, -0.15) is 0 Å². The number of fused-ring (bicyclic) bond motifs is 1. The topological polar surface area (TPSA) is 117 Å². The minimum atomic E-state index is -0.370. The summed E-state index contributed by atoms with van der Waals surface area (Å²) in [4.78, 5) is 29.4. The van der Waals surface area contributed by atoms with E-state index in [1.807, 2.05) is 30.3 Å². The van der Waals surface area contributed by atoms with E-state index in [1.165, 1.54) is 11.8 Å². The molecule has 1 aliphatic carbocycles. The molecule has 8 nitrogen and oxygen atoms in total. The van der Waals surface area contributed by atoms with Crippen LogP contribution in [0.15, 0.2) is 62.9 Å². The Morgan fingerprint density at radius 2 is 1.83 bits per heavy atom. The molecule has 0 bridgehead atoms. The molecule has 2 heterocycles. The van der Waals surface area contributed by atoms with Gasteiger partial charge in [-0.3, -0.25) is 14.2 Å². The van der Waals surface area contributed by atoms with Crippen molar-refractivity contribution in [3.05, 3.63) is 69.8 Å². The Hall–Kier alpha value is -3.17. The van der Waals surface area contributed by atoms with Crippen LogP contribution in [-0.2, 0) is 4.79 Å². The Labute approximate surface area is 210 Å². The molecule has 0 radical (unpaired) electrons. The summed E-state index contributed by atoms with van der Waals surface area (Å²) in [5, 5.41) is 10.4. The van der Waals surface area contributed by atoms with E-state index in [0.717, 1.165) is 31.2 Å². The van der Waals surface area contributed by atoms with Crippen molar-refractivity contribution in [3.8, 4) is 11.5 Å². The van der Waals surface area contributed by atoms with E-state index in [-0.39, 0.29) is 29.8 Å². The van der Waals surface area contributed by atoms with Gasteiger partial charge in [-0.15, -0.1) is 10.2 Å². The lowest BCUT2D eigenvalue weighted by molar-refractivity contribution is -0.117. The fourth-order valence-electron chi connectivity index (χ4n) is 4.48. The number of halogens is 1. The van der Waals surface area contributed by atoms with Crippen LogP contribution in [-0.4, -0.2) is 31.4 Å². The third-order valence-corrected chi connectivity index (χ3v) is 7.50. The molecule has 2 N–H and O–H groups in total. The van der Waals surface area contributed by atoms with Crippen LogP contribution in [0.5, 0.6) is 0 Å². The third kappa shape index (κ3) is 5.11. The lowest BCUT2D eigenvalue weighted by atomic mass is 9.86. The molecule has 0 atom stereocenters. The summed E-state index contributed by atoms with van der Waals surface area (Å²) >= 11 is 7.37. The van der Waals surface area contributed by atoms with Crippen molar-refractivity contribution in [3.63, 3.8) is 0 Å². The molecule has 10 heteroatoms. The summed E-state index contributed by atoms with van der Waals surface area (Å²) < 4.78 is 7.78. The number of aromatic nitrogens is 4. The Kier molecular flexibility index (Phi) is 6.88. The Bertz CT molecular complexity index is 1410. The molecule has 35 heavy (non-hydrogen) atoms. The predicted octanol–water partition coefficient (Wildman–Crippen LogP) is 4.97. The zero-order valence-electron chi connectivity index (χ0n) is 18.9. The fourth-order valence-corrected chi connectivity index (χ4v) is 5.63. The van der Waals surface area contributed by atoms with Gasteiger partial charge >= 0.3 is 0 Å². The number of para-hydroxylation sites is 1. The maximum atomic E-state index is 13.4. The number of carbonyl (C=O) groups excluding carboxylic acids is 1. The van der Waals surface area contributed by atoms with Gasteiger partial charge in [0.15, 0.2) is 5.16 Å². The first-order valence-corrected chi connectivity index (χ1v) is 12.9. The van der Waals surface area contributed by atoms with Gasteiger partial charge in [-0.25, -0.2) is 4.98 Å². The average molecular weight is 510 g/mol. The number of nitrogens with zero attached hydrogens (tertiary/aromatic N) is 4. The summed E-state index contributed by atoms with van der Waals surface area (Å²) in [7, 11) is 0. The lowest BCUT2D eigenvalue weighted by Crippen LogP contribution is -2.30. The Balaban J connectivity index is 1.36. The van der Waals surface area contributed by atoms with Gasteiger partial charge in [-0.05, 0) is 62.1 Å². The summed E-state index contributed by atoms with van der Waals surface area (Å²) in [5.74, 6) is 1.33. The van der Waals surface area contributed by atoms with Crippen LogP contribution >= 0.6 is 23.4 Å². The van der Waals surface area contributed by atoms with Gasteiger partial charge in [-0.1, -0.05) is 35.5 Å². The number of benzene rings is 2. The number of hydrogen-bond acceptors (Lipinski definition) is 7. The molecule has 0 unspecified atom stereocenters. The highest BCUT2D eigenvalue weighted by Gasteiger charge is 2.29. The zero-order chi connectivity index (χ0) is 24.4. The molecule has 1 aliphatic rings. The second-order valence-corrected chi connectivity index (χ2v) is 10.1. The van der Waals surface area contributed by atoms with Crippen molar-refractivity contribution in [1.29, 1.82) is 0 Å². The first kappa shape index (κ1) is 23.6. The number of thioether (sulfide) groups is 1. The SMILES string of the molecule is NC(=O)CCSc1nc2ccccc2c(=O)n1C1CCC(c2nnc(-c3ccc(Cl)cc3)o2)CC1. The van der Waals surface area contributed by atoms with Gasteiger partial charge < -0.3 is 10.2 Å². The third-order valence-electron chi connectivity index (χ3n) is 6.30. The Morgan fingerprint density at radius 3 is 2.57 bits per heavy atom. The molecule has 2 aromatic heterocycles. The number of nitrogens with two attached hydrogens (primary N) is 1. The number of rotatable bonds is 7. The quantitative estimate of drug-likeness (QED) is 0.276. The molecule has 2 aromatic carbocycles. The number of amides is 1. The van der Waals surface area contributed by atoms with Crippen molar-refractivity contribution in [1.82, 2.24) is 19.7 Å². The summed E-state index contributed by atoms with van der Waals surface area (Å²) in [6, 6.07) is 14.7. The molecule has 180 valence electrons. The minimum absolute atomic E-state index is 0.00518.